The van der Waals surface area contributed by atoms with Crippen LogP contribution in [0.1, 0.15) is 12.5 Å². The molecule has 20 heavy (non-hydrogen) atoms. The molecular weight excluding hydrogens is 258 g/mol. The van der Waals surface area contributed by atoms with E-state index in [1.54, 1.807) is 6.92 Å². The molecule has 1 aromatic heterocycles. The van der Waals surface area contributed by atoms with Crippen LogP contribution in [0.15, 0.2) is 36.7 Å². The van der Waals surface area contributed by atoms with Gasteiger partial charge in [-0.15, -0.1) is 5.10 Å². The highest BCUT2D eigenvalue weighted by Crippen LogP contribution is 2.19. The Kier molecular flexibility index (Phi) is 3.99. The maximum Gasteiger partial charge on any atom is 0.242 e. The van der Waals surface area contributed by atoms with Gasteiger partial charge in [0.1, 0.15) is 12.9 Å². The first-order valence-electron chi connectivity index (χ1n) is 6.16. The molecule has 1 amide bonds. The first-order chi connectivity index (χ1) is 9.53. The Hall–Kier alpha value is -2.41. The molecule has 0 aliphatic rings. The molecule has 1 aromatic carbocycles. The van der Waals surface area contributed by atoms with E-state index >= 15 is 0 Å². The van der Waals surface area contributed by atoms with Crippen LogP contribution in [0.3, 0.4) is 0 Å². The van der Waals surface area contributed by atoms with E-state index < -0.39 is 5.54 Å². The van der Waals surface area contributed by atoms with Gasteiger partial charge in [-0.05, 0) is 12.5 Å². The van der Waals surface area contributed by atoms with E-state index in [0.29, 0.717) is 0 Å². The summed E-state index contributed by atoms with van der Waals surface area (Å²) in [6.45, 7) is 1.55. The maximum absolute atomic E-state index is 12.0. The minimum absolute atomic E-state index is 0.00732. The minimum Gasteiger partial charge on any atom is -0.394 e. The fourth-order valence-corrected chi connectivity index (χ4v) is 1.89. The molecule has 106 valence electrons. The summed E-state index contributed by atoms with van der Waals surface area (Å²) in [5, 5.41) is 16.2. The van der Waals surface area contributed by atoms with Crippen molar-refractivity contribution in [1.82, 2.24) is 20.1 Å². The third kappa shape index (κ3) is 3.12. The number of nitrogens with one attached hydrogen (secondary N) is 1. The number of nitrogen functional groups attached to an aromatic ring is 1. The summed E-state index contributed by atoms with van der Waals surface area (Å²) in [7, 11) is 0. The lowest BCUT2D eigenvalue weighted by molar-refractivity contribution is -0.124. The fraction of sp³-hybridized carbons (Fsp3) is 0.308. The molecule has 0 fully saturated rings. The first kappa shape index (κ1) is 14.0. The Morgan fingerprint density at radius 3 is 2.70 bits per heavy atom. The summed E-state index contributed by atoms with van der Waals surface area (Å²) >= 11 is 0. The Balaban J connectivity index is 2.08. The molecule has 2 rings (SSSR count). The number of carbonyl (C=O) groups is 1. The van der Waals surface area contributed by atoms with Crippen molar-refractivity contribution in [1.29, 1.82) is 0 Å². The summed E-state index contributed by atoms with van der Waals surface area (Å²) in [6, 6.07) is 9.29. The lowest BCUT2D eigenvalue weighted by atomic mass is 9.93. The number of hydrogen-bond acceptors (Lipinski definition) is 5. The zero-order valence-corrected chi connectivity index (χ0v) is 11.2. The molecule has 0 bridgehead atoms. The van der Waals surface area contributed by atoms with Gasteiger partial charge in [-0.3, -0.25) is 4.79 Å². The van der Waals surface area contributed by atoms with Crippen LogP contribution in [0.25, 0.3) is 0 Å². The van der Waals surface area contributed by atoms with Crippen molar-refractivity contribution in [3.63, 3.8) is 0 Å². The molecule has 0 radical (unpaired) electrons. The first-order valence-corrected chi connectivity index (χ1v) is 6.16. The van der Waals surface area contributed by atoms with E-state index in [1.165, 1.54) is 11.0 Å². The second-order valence-corrected chi connectivity index (χ2v) is 4.70. The summed E-state index contributed by atoms with van der Waals surface area (Å²) < 4.78 is 1.34. The number of amides is 1. The quantitative estimate of drug-likeness (QED) is 0.705. The number of aromatic nitrogens is 3. The van der Waals surface area contributed by atoms with Crippen molar-refractivity contribution in [2.75, 3.05) is 12.3 Å². The second kappa shape index (κ2) is 5.70. The van der Waals surface area contributed by atoms with Crippen LogP contribution >= 0.6 is 0 Å². The van der Waals surface area contributed by atoms with E-state index in [2.05, 4.69) is 15.4 Å². The van der Waals surface area contributed by atoms with Gasteiger partial charge in [0.05, 0.1) is 12.1 Å². The topological polar surface area (TPSA) is 106 Å². The van der Waals surface area contributed by atoms with E-state index in [0.717, 1.165) is 5.56 Å². The molecular formula is C13H17N5O2. The minimum atomic E-state index is -0.843. The van der Waals surface area contributed by atoms with Gasteiger partial charge in [-0.2, -0.15) is 0 Å². The van der Waals surface area contributed by atoms with E-state index in [1.807, 2.05) is 30.3 Å². The fourth-order valence-electron chi connectivity index (χ4n) is 1.89. The molecule has 0 aliphatic carbocycles. The Labute approximate surface area is 116 Å². The van der Waals surface area contributed by atoms with Gasteiger partial charge < -0.3 is 16.2 Å². The van der Waals surface area contributed by atoms with Crippen LogP contribution in [-0.4, -0.2) is 32.4 Å². The van der Waals surface area contributed by atoms with Crippen molar-refractivity contribution in [2.45, 2.75) is 19.0 Å². The van der Waals surface area contributed by atoms with Gasteiger partial charge in [0.15, 0.2) is 0 Å². The van der Waals surface area contributed by atoms with Crippen LogP contribution in [0.2, 0.25) is 0 Å². The number of rotatable bonds is 5. The predicted octanol–water partition coefficient (Wildman–Crippen LogP) is -0.116. The molecule has 2 aromatic rings. The average Bonchev–Trinajstić information content (AvgIpc) is 2.84. The molecule has 1 heterocycles. The van der Waals surface area contributed by atoms with E-state index in [-0.39, 0.29) is 25.0 Å². The summed E-state index contributed by atoms with van der Waals surface area (Å²) in [5.74, 6) is -0.166. The predicted molar refractivity (Wildman–Crippen MR) is 73.5 cm³/mol. The SMILES string of the molecule is CC(CO)(NC(=O)Cn1cnc(N)n1)c1ccccc1. The smallest absolute Gasteiger partial charge is 0.242 e. The van der Waals surface area contributed by atoms with Gasteiger partial charge >= 0.3 is 0 Å². The van der Waals surface area contributed by atoms with Gasteiger partial charge in [0.25, 0.3) is 0 Å². The Morgan fingerprint density at radius 2 is 2.15 bits per heavy atom. The lowest BCUT2D eigenvalue weighted by Gasteiger charge is -2.29. The molecule has 0 aliphatic heterocycles. The highest BCUT2D eigenvalue weighted by molar-refractivity contribution is 5.76. The molecule has 7 nitrogen and oxygen atoms in total. The molecule has 1 atom stereocenters. The van der Waals surface area contributed by atoms with Gasteiger partial charge in [-0.1, -0.05) is 30.3 Å². The highest BCUT2D eigenvalue weighted by Gasteiger charge is 2.27. The molecule has 0 saturated carbocycles. The normalized spacial score (nSPS) is 13.7. The summed E-state index contributed by atoms with van der Waals surface area (Å²) in [6.07, 6.45) is 1.38. The van der Waals surface area contributed by atoms with E-state index in [9.17, 15) is 9.90 Å². The molecule has 0 spiro atoms. The molecule has 7 heteroatoms. The number of carbonyl (C=O) groups excluding carboxylic acids is 1. The van der Waals surface area contributed by atoms with Crippen LogP contribution in [-0.2, 0) is 16.9 Å². The maximum atomic E-state index is 12.0. The number of hydrogen-bond donors (Lipinski definition) is 3. The van der Waals surface area contributed by atoms with Gasteiger partial charge in [0.2, 0.25) is 11.9 Å². The van der Waals surface area contributed by atoms with Gasteiger partial charge in [-0.25, -0.2) is 9.67 Å². The molecule has 4 N–H and O–H groups in total. The molecule has 1 unspecified atom stereocenters. The van der Waals surface area contributed by atoms with Crippen molar-refractivity contribution in [3.8, 4) is 0 Å². The standard InChI is InChI=1S/C13H17N5O2/c1-13(8-19,10-5-3-2-4-6-10)16-11(20)7-18-9-15-12(14)17-18/h2-6,9,19H,7-8H2,1H3,(H2,14,17)(H,16,20). The van der Waals surface area contributed by atoms with Crippen molar-refractivity contribution in [3.05, 3.63) is 42.2 Å². The number of nitrogens with two attached hydrogens (primary N) is 1. The molecule has 0 saturated heterocycles. The third-order valence-corrected chi connectivity index (χ3v) is 3.00. The van der Waals surface area contributed by atoms with Crippen LogP contribution in [0, 0.1) is 0 Å². The zero-order chi connectivity index (χ0) is 14.6. The zero-order valence-electron chi connectivity index (χ0n) is 11.2. The number of benzene rings is 1. The van der Waals surface area contributed by atoms with Crippen molar-refractivity contribution < 1.29 is 9.90 Å². The van der Waals surface area contributed by atoms with Crippen molar-refractivity contribution in [2.24, 2.45) is 0 Å². The summed E-state index contributed by atoms with van der Waals surface area (Å²) in [4.78, 5) is 15.8. The Bertz CT molecular complexity index is 583. The highest BCUT2D eigenvalue weighted by atomic mass is 16.3. The number of nitrogens with zero attached hydrogens (tertiary/aromatic N) is 3. The number of anilines is 1. The van der Waals surface area contributed by atoms with E-state index in [4.69, 9.17) is 5.73 Å². The van der Waals surface area contributed by atoms with Gasteiger partial charge in [0, 0.05) is 0 Å². The third-order valence-electron chi connectivity index (χ3n) is 3.00. The average molecular weight is 275 g/mol. The van der Waals surface area contributed by atoms with Crippen molar-refractivity contribution >= 4 is 11.9 Å². The number of aliphatic hydroxyl groups is 1. The van der Waals surface area contributed by atoms with Crippen LogP contribution in [0.5, 0.6) is 0 Å². The Morgan fingerprint density at radius 1 is 1.45 bits per heavy atom. The van der Waals surface area contributed by atoms with Crippen LogP contribution < -0.4 is 11.1 Å². The largest absolute Gasteiger partial charge is 0.394 e. The van der Waals surface area contributed by atoms with Crippen LogP contribution in [0.4, 0.5) is 5.95 Å². The summed E-state index contributed by atoms with van der Waals surface area (Å²) in [5.41, 5.74) is 5.37. The number of aliphatic hydroxyl groups excluding tert-OH is 1. The monoisotopic (exact) mass is 275 g/mol. The lowest BCUT2D eigenvalue weighted by Crippen LogP contribution is -2.47. The second-order valence-electron chi connectivity index (χ2n) is 4.70.